The first kappa shape index (κ1) is 14.4. The zero-order chi connectivity index (χ0) is 14.0. The molecule has 0 aliphatic heterocycles. The third-order valence-corrected chi connectivity index (χ3v) is 4.50. The molecule has 102 valence electrons. The minimum absolute atomic E-state index is 0.130. The largest absolute Gasteiger partial charge is 0.507 e. The van der Waals surface area contributed by atoms with Crippen LogP contribution in [0.2, 0.25) is 0 Å². The smallest absolute Gasteiger partial charge is 0.123 e. The van der Waals surface area contributed by atoms with Gasteiger partial charge in [0.15, 0.2) is 0 Å². The molecule has 2 rings (SSSR count). The third kappa shape index (κ3) is 3.49. The van der Waals surface area contributed by atoms with E-state index in [1.807, 2.05) is 13.1 Å². The molecule has 1 unspecified atom stereocenters. The molecule has 19 heavy (non-hydrogen) atoms. The third-order valence-electron chi connectivity index (χ3n) is 2.95. The Morgan fingerprint density at radius 3 is 2.63 bits per heavy atom. The number of thiophene rings is 1. The van der Waals surface area contributed by atoms with Crippen LogP contribution in [0.1, 0.15) is 24.2 Å². The molecule has 1 atom stereocenters. The highest BCUT2D eigenvalue weighted by Gasteiger charge is 2.10. The van der Waals surface area contributed by atoms with Crippen molar-refractivity contribution in [3.63, 3.8) is 0 Å². The van der Waals surface area contributed by atoms with Crippen LogP contribution in [0.15, 0.2) is 33.4 Å². The number of aliphatic hydroxyl groups is 1. The molecule has 0 aliphatic carbocycles. The average Bonchev–Trinajstić information content (AvgIpc) is 2.74. The Morgan fingerprint density at radius 2 is 2.11 bits per heavy atom. The molecular formula is C14H16BrNO2S. The van der Waals surface area contributed by atoms with Crippen molar-refractivity contribution < 1.29 is 10.2 Å². The van der Waals surface area contributed by atoms with E-state index in [1.165, 1.54) is 5.56 Å². The zero-order valence-electron chi connectivity index (χ0n) is 10.8. The fourth-order valence-electron chi connectivity index (χ4n) is 1.92. The van der Waals surface area contributed by atoms with Crippen LogP contribution in [-0.4, -0.2) is 17.3 Å². The van der Waals surface area contributed by atoms with Gasteiger partial charge in [-0.05, 0) is 45.9 Å². The lowest BCUT2D eigenvalue weighted by atomic mass is 10.1. The van der Waals surface area contributed by atoms with Crippen LogP contribution in [0.25, 0.3) is 0 Å². The molecule has 2 N–H and O–H groups in total. The molecule has 0 amide bonds. The highest BCUT2D eigenvalue weighted by molar-refractivity contribution is 9.11. The molecular weight excluding hydrogens is 326 g/mol. The summed E-state index contributed by atoms with van der Waals surface area (Å²) in [5.74, 6) is 0.130. The SMILES string of the molecule is CC(O)c1ccc(N(C)Cc2csc(Br)c2)cc1O. The van der Waals surface area contributed by atoms with Gasteiger partial charge in [-0.25, -0.2) is 0 Å². The quantitative estimate of drug-likeness (QED) is 0.886. The van der Waals surface area contributed by atoms with Gasteiger partial charge in [-0.3, -0.25) is 0 Å². The van der Waals surface area contributed by atoms with Crippen molar-refractivity contribution >= 4 is 33.0 Å². The van der Waals surface area contributed by atoms with Gasteiger partial charge in [-0.15, -0.1) is 11.3 Å². The van der Waals surface area contributed by atoms with Crippen molar-refractivity contribution in [2.45, 2.75) is 19.6 Å². The molecule has 0 fully saturated rings. The molecule has 0 saturated carbocycles. The Labute approximate surface area is 125 Å². The highest BCUT2D eigenvalue weighted by atomic mass is 79.9. The van der Waals surface area contributed by atoms with Crippen molar-refractivity contribution in [3.05, 3.63) is 44.6 Å². The van der Waals surface area contributed by atoms with Crippen molar-refractivity contribution in [2.75, 3.05) is 11.9 Å². The number of hydrogen-bond donors (Lipinski definition) is 2. The summed E-state index contributed by atoms with van der Waals surface area (Å²) < 4.78 is 1.11. The van der Waals surface area contributed by atoms with E-state index in [0.717, 1.165) is 16.0 Å². The molecule has 1 aromatic carbocycles. The minimum Gasteiger partial charge on any atom is -0.507 e. The van der Waals surface area contributed by atoms with Crippen LogP contribution in [0, 0.1) is 0 Å². The summed E-state index contributed by atoms with van der Waals surface area (Å²) in [5, 5.41) is 21.5. The summed E-state index contributed by atoms with van der Waals surface area (Å²) in [4.78, 5) is 2.06. The number of benzene rings is 1. The van der Waals surface area contributed by atoms with Gasteiger partial charge >= 0.3 is 0 Å². The average molecular weight is 342 g/mol. The van der Waals surface area contributed by atoms with E-state index in [2.05, 4.69) is 32.3 Å². The maximum Gasteiger partial charge on any atom is 0.123 e. The maximum absolute atomic E-state index is 9.89. The Hall–Kier alpha value is -1.04. The minimum atomic E-state index is -0.660. The van der Waals surface area contributed by atoms with Crippen molar-refractivity contribution in [1.29, 1.82) is 0 Å². The molecule has 1 heterocycles. The van der Waals surface area contributed by atoms with Crippen LogP contribution in [0.5, 0.6) is 5.75 Å². The second kappa shape index (κ2) is 5.94. The first-order valence-electron chi connectivity index (χ1n) is 5.92. The van der Waals surface area contributed by atoms with Crippen LogP contribution in [-0.2, 0) is 6.54 Å². The van der Waals surface area contributed by atoms with Gasteiger partial charge in [0.2, 0.25) is 0 Å². The van der Waals surface area contributed by atoms with Crippen molar-refractivity contribution in [1.82, 2.24) is 0 Å². The summed E-state index contributed by atoms with van der Waals surface area (Å²) in [5.41, 5.74) is 2.69. The van der Waals surface area contributed by atoms with Gasteiger partial charge in [0.1, 0.15) is 5.75 Å². The van der Waals surface area contributed by atoms with Gasteiger partial charge in [0, 0.05) is 30.9 Å². The molecule has 0 spiro atoms. The first-order valence-corrected chi connectivity index (χ1v) is 7.59. The summed E-state index contributed by atoms with van der Waals surface area (Å²) in [7, 11) is 1.97. The Morgan fingerprint density at radius 1 is 1.37 bits per heavy atom. The first-order chi connectivity index (χ1) is 8.97. The van der Waals surface area contributed by atoms with Crippen molar-refractivity contribution in [2.24, 2.45) is 0 Å². The number of aliphatic hydroxyl groups excluding tert-OH is 1. The molecule has 5 heteroatoms. The zero-order valence-corrected chi connectivity index (χ0v) is 13.2. The molecule has 3 nitrogen and oxygen atoms in total. The second-order valence-corrected chi connectivity index (χ2v) is 6.82. The van der Waals surface area contributed by atoms with Crippen molar-refractivity contribution in [3.8, 4) is 5.75 Å². The predicted octanol–water partition coefficient (Wildman–Crippen LogP) is 3.91. The highest BCUT2D eigenvalue weighted by Crippen LogP contribution is 2.29. The number of phenols is 1. The summed E-state index contributed by atoms with van der Waals surface area (Å²) in [6.45, 7) is 2.41. The number of anilines is 1. The standard InChI is InChI=1S/C14H16BrNO2S/c1-9(17)12-4-3-11(6-13(12)18)16(2)7-10-5-14(15)19-8-10/h3-6,8-9,17-18H,7H2,1-2H3. The topological polar surface area (TPSA) is 43.7 Å². The van der Waals surface area contributed by atoms with E-state index in [4.69, 9.17) is 0 Å². The molecule has 1 aromatic heterocycles. The molecule has 0 radical (unpaired) electrons. The van der Waals surface area contributed by atoms with Gasteiger partial charge in [-0.1, -0.05) is 6.07 Å². The van der Waals surface area contributed by atoms with Gasteiger partial charge in [0.25, 0.3) is 0 Å². The Bertz CT molecular complexity index is 568. The summed E-state index contributed by atoms with van der Waals surface area (Å²) in [6.07, 6.45) is -0.660. The molecule has 0 bridgehead atoms. The van der Waals surface area contributed by atoms with Gasteiger partial charge in [0.05, 0.1) is 9.89 Å². The van der Waals surface area contributed by atoms with Crippen LogP contribution < -0.4 is 4.90 Å². The number of halogens is 1. The molecule has 0 saturated heterocycles. The Balaban J connectivity index is 2.15. The van der Waals surface area contributed by atoms with Crippen LogP contribution in [0.4, 0.5) is 5.69 Å². The lowest BCUT2D eigenvalue weighted by Crippen LogP contribution is -2.15. The molecule has 2 aromatic rings. The van der Waals surface area contributed by atoms with Crippen LogP contribution in [0.3, 0.4) is 0 Å². The number of hydrogen-bond acceptors (Lipinski definition) is 4. The van der Waals surface area contributed by atoms with E-state index in [0.29, 0.717) is 5.56 Å². The van der Waals surface area contributed by atoms with E-state index in [1.54, 1.807) is 30.4 Å². The fraction of sp³-hybridized carbons (Fsp3) is 0.286. The Kier molecular flexibility index (Phi) is 4.50. The maximum atomic E-state index is 9.89. The second-order valence-electron chi connectivity index (χ2n) is 4.53. The van der Waals surface area contributed by atoms with E-state index in [-0.39, 0.29) is 5.75 Å². The van der Waals surface area contributed by atoms with E-state index >= 15 is 0 Å². The summed E-state index contributed by atoms with van der Waals surface area (Å²) >= 11 is 5.11. The number of nitrogens with zero attached hydrogens (tertiary/aromatic N) is 1. The van der Waals surface area contributed by atoms with E-state index < -0.39 is 6.10 Å². The lowest BCUT2D eigenvalue weighted by molar-refractivity contribution is 0.195. The number of rotatable bonds is 4. The van der Waals surface area contributed by atoms with Crippen LogP contribution >= 0.6 is 27.3 Å². The number of aromatic hydroxyl groups is 1. The summed E-state index contributed by atoms with van der Waals surface area (Å²) in [6, 6.07) is 7.44. The lowest BCUT2D eigenvalue weighted by Gasteiger charge is -2.20. The van der Waals surface area contributed by atoms with Gasteiger partial charge in [-0.2, -0.15) is 0 Å². The van der Waals surface area contributed by atoms with E-state index in [9.17, 15) is 10.2 Å². The monoisotopic (exact) mass is 341 g/mol. The fourth-order valence-corrected chi connectivity index (χ4v) is 3.12. The predicted molar refractivity (Wildman–Crippen MR) is 82.9 cm³/mol. The van der Waals surface area contributed by atoms with Gasteiger partial charge < -0.3 is 15.1 Å². The number of phenolic OH excluding ortho intramolecular Hbond substituents is 1. The normalized spacial score (nSPS) is 12.4. The molecule has 0 aliphatic rings.